The number of anilines is 1. The monoisotopic (exact) mass is 236 g/mol. The zero-order valence-corrected chi connectivity index (χ0v) is 10.4. The Hall–Kier alpha value is -1.55. The van der Waals surface area contributed by atoms with E-state index in [9.17, 15) is 4.79 Å². The fourth-order valence-corrected chi connectivity index (χ4v) is 1.70. The third-order valence-electron chi connectivity index (χ3n) is 2.81. The van der Waals surface area contributed by atoms with E-state index in [0.717, 1.165) is 5.56 Å². The van der Waals surface area contributed by atoms with Crippen LogP contribution in [-0.4, -0.2) is 35.6 Å². The average Bonchev–Trinajstić information content (AvgIpc) is 2.33. The van der Waals surface area contributed by atoms with Crippen LogP contribution >= 0.6 is 0 Å². The second-order valence-corrected chi connectivity index (χ2v) is 4.00. The van der Waals surface area contributed by atoms with E-state index in [0.29, 0.717) is 30.8 Å². The van der Waals surface area contributed by atoms with Gasteiger partial charge in [0.2, 0.25) is 0 Å². The predicted octanol–water partition coefficient (Wildman–Crippen LogP) is 1.42. The molecule has 0 atom stereocenters. The lowest BCUT2D eigenvalue weighted by Crippen LogP contribution is -2.32. The summed E-state index contributed by atoms with van der Waals surface area (Å²) in [5.41, 5.74) is 7.91. The number of carbonyl (C=O) groups excluding carboxylic acids is 1. The zero-order valence-electron chi connectivity index (χ0n) is 10.4. The number of hydrogen-bond donors (Lipinski definition) is 2. The summed E-state index contributed by atoms with van der Waals surface area (Å²) in [5, 5.41) is 8.80. The molecule has 0 saturated carbocycles. The lowest BCUT2D eigenvalue weighted by atomic mass is 10.1. The van der Waals surface area contributed by atoms with Crippen molar-refractivity contribution in [3.63, 3.8) is 0 Å². The van der Waals surface area contributed by atoms with E-state index in [2.05, 4.69) is 0 Å². The third-order valence-corrected chi connectivity index (χ3v) is 2.81. The molecule has 0 aliphatic carbocycles. The number of amides is 1. The van der Waals surface area contributed by atoms with Gasteiger partial charge in [-0.15, -0.1) is 0 Å². The molecule has 0 saturated heterocycles. The smallest absolute Gasteiger partial charge is 0.255 e. The minimum atomic E-state index is -0.0675. The summed E-state index contributed by atoms with van der Waals surface area (Å²) < 4.78 is 0. The van der Waals surface area contributed by atoms with Gasteiger partial charge in [0.05, 0.1) is 5.56 Å². The van der Waals surface area contributed by atoms with Crippen LogP contribution in [0.25, 0.3) is 0 Å². The Morgan fingerprint density at radius 1 is 1.47 bits per heavy atom. The van der Waals surface area contributed by atoms with Crippen LogP contribution in [0.5, 0.6) is 0 Å². The number of carbonyl (C=O) groups is 1. The van der Waals surface area contributed by atoms with E-state index in [1.54, 1.807) is 11.0 Å². The van der Waals surface area contributed by atoms with Crippen molar-refractivity contribution in [2.24, 2.45) is 0 Å². The molecule has 0 bridgehead atoms. The van der Waals surface area contributed by atoms with Gasteiger partial charge in [0.1, 0.15) is 0 Å². The summed E-state index contributed by atoms with van der Waals surface area (Å²) in [4.78, 5) is 13.9. The van der Waals surface area contributed by atoms with Gasteiger partial charge >= 0.3 is 0 Å². The number of benzene rings is 1. The highest BCUT2D eigenvalue weighted by atomic mass is 16.3. The Bertz CT molecular complexity index is 391. The Labute approximate surface area is 102 Å². The molecule has 0 heterocycles. The number of aliphatic hydroxyl groups excluding tert-OH is 1. The molecule has 1 aromatic carbocycles. The van der Waals surface area contributed by atoms with E-state index >= 15 is 0 Å². The third kappa shape index (κ3) is 3.20. The van der Waals surface area contributed by atoms with Gasteiger partial charge in [-0.3, -0.25) is 4.79 Å². The number of aryl methyl sites for hydroxylation is 1. The molecule has 0 unspecified atom stereocenters. The van der Waals surface area contributed by atoms with Crippen LogP contribution in [0, 0.1) is 6.92 Å². The number of hydrogen-bond acceptors (Lipinski definition) is 3. The molecule has 94 valence electrons. The lowest BCUT2D eigenvalue weighted by molar-refractivity contribution is 0.0755. The lowest BCUT2D eigenvalue weighted by Gasteiger charge is -2.21. The first-order chi connectivity index (χ1) is 8.11. The highest BCUT2D eigenvalue weighted by Crippen LogP contribution is 2.18. The van der Waals surface area contributed by atoms with E-state index in [1.165, 1.54) is 0 Å². The van der Waals surface area contributed by atoms with Gasteiger partial charge in [0.25, 0.3) is 5.91 Å². The van der Waals surface area contributed by atoms with Gasteiger partial charge in [-0.05, 0) is 31.9 Å². The van der Waals surface area contributed by atoms with E-state index in [-0.39, 0.29) is 12.5 Å². The number of aliphatic hydroxyl groups is 1. The van der Waals surface area contributed by atoms with Crippen molar-refractivity contribution in [1.29, 1.82) is 0 Å². The molecule has 0 spiro atoms. The van der Waals surface area contributed by atoms with Crippen molar-refractivity contribution in [2.75, 3.05) is 25.4 Å². The van der Waals surface area contributed by atoms with Gasteiger partial charge in [-0.25, -0.2) is 0 Å². The van der Waals surface area contributed by atoms with Gasteiger partial charge in [-0.1, -0.05) is 12.1 Å². The van der Waals surface area contributed by atoms with Crippen molar-refractivity contribution >= 4 is 11.6 Å². The molecule has 4 nitrogen and oxygen atoms in total. The summed E-state index contributed by atoms with van der Waals surface area (Å²) in [5.74, 6) is -0.0675. The SMILES string of the molecule is CCN(CCCO)C(=O)c1cccc(C)c1N. The zero-order chi connectivity index (χ0) is 12.8. The van der Waals surface area contributed by atoms with Crippen LogP contribution < -0.4 is 5.73 Å². The van der Waals surface area contributed by atoms with Crippen LogP contribution in [0.2, 0.25) is 0 Å². The number of nitrogens with zero attached hydrogens (tertiary/aromatic N) is 1. The highest BCUT2D eigenvalue weighted by Gasteiger charge is 2.16. The molecular weight excluding hydrogens is 216 g/mol. The predicted molar refractivity (Wildman–Crippen MR) is 68.9 cm³/mol. The summed E-state index contributed by atoms with van der Waals surface area (Å²) >= 11 is 0. The fourth-order valence-electron chi connectivity index (χ4n) is 1.70. The minimum absolute atomic E-state index is 0.0675. The summed E-state index contributed by atoms with van der Waals surface area (Å²) in [6.45, 7) is 5.07. The molecule has 4 heteroatoms. The topological polar surface area (TPSA) is 66.6 Å². The maximum atomic E-state index is 12.2. The van der Waals surface area contributed by atoms with Crippen molar-refractivity contribution in [2.45, 2.75) is 20.3 Å². The van der Waals surface area contributed by atoms with E-state index in [1.807, 2.05) is 26.0 Å². The van der Waals surface area contributed by atoms with Crippen LogP contribution in [-0.2, 0) is 0 Å². The Morgan fingerprint density at radius 3 is 2.76 bits per heavy atom. The maximum absolute atomic E-state index is 12.2. The van der Waals surface area contributed by atoms with Crippen molar-refractivity contribution in [3.8, 4) is 0 Å². The van der Waals surface area contributed by atoms with Gasteiger partial charge in [0, 0.05) is 25.4 Å². The normalized spacial score (nSPS) is 10.3. The van der Waals surface area contributed by atoms with Crippen molar-refractivity contribution in [3.05, 3.63) is 29.3 Å². The molecule has 1 amide bonds. The van der Waals surface area contributed by atoms with Crippen LogP contribution in [0.1, 0.15) is 29.3 Å². The standard InChI is InChI=1S/C13H20N2O2/c1-3-15(8-5-9-16)13(17)11-7-4-6-10(2)12(11)14/h4,6-7,16H,3,5,8-9,14H2,1-2H3. The molecule has 0 fully saturated rings. The van der Waals surface area contributed by atoms with E-state index < -0.39 is 0 Å². The van der Waals surface area contributed by atoms with Gasteiger partial charge in [-0.2, -0.15) is 0 Å². The molecular formula is C13H20N2O2. The second kappa shape index (κ2) is 6.25. The Kier molecular flexibility index (Phi) is 4.97. The number of nitrogens with two attached hydrogens (primary N) is 1. The van der Waals surface area contributed by atoms with Crippen LogP contribution in [0.15, 0.2) is 18.2 Å². The van der Waals surface area contributed by atoms with Crippen LogP contribution in [0.4, 0.5) is 5.69 Å². The van der Waals surface area contributed by atoms with Gasteiger partial charge in [0.15, 0.2) is 0 Å². The van der Waals surface area contributed by atoms with Crippen LogP contribution in [0.3, 0.4) is 0 Å². The first-order valence-electron chi connectivity index (χ1n) is 5.87. The van der Waals surface area contributed by atoms with Crippen molar-refractivity contribution in [1.82, 2.24) is 4.90 Å². The molecule has 0 aliphatic heterocycles. The first kappa shape index (κ1) is 13.5. The maximum Gasteiger partial charge on any atom is 0.255 e. The summed E-state index contributed by atoms with van der Waals surface area (Å²) in [6, 6.07) is 5.46. The Balaban J connectivity index is 2.90. The largest absolute Gasteiger partial charge is 0.398 e. The quantitative estimate of drug-likeness (QED) is 0.760. The number of para-hydroxylation sites is 1. The molecule has 17 heavy (non-hydrogen) atoms. The molecule has 3 N–H and O–H groups in total. The highest BCUT2D eigenvalue weighted by molar-refractivity contribution is 5.99. The molecule has 1 aromatic rings. The molecule has 0 aliphatic rings. The Morgan fingerprint density at radius 2 is 2.18 bits per heavy atom. The summed E-state index contributed by atoms with van der Waals surface area (Å²) in [6.07, 6.45) is 0.589. The average molecular weight is 236 g/mol. The second-order valence-electron chi connectivity index (χ2n) is 4.00. The van der Waals surface area contributed by atoms with Crippen molar-refractivity contribution < 1.29 is 9.90 Å². The first-order valence-corrected chi connectivity index (χ1v) is 5.87. The number of rotatable bonds is 5. The number of nitrogen functional groups attached to an aromatic ring is 1. The molecule has 1 rings (SSSR count). The fraction of sp³-hybridized carbons (Fsp3) is 0.462. The summed E-state index contributed by atoms with van der Waals surface area (Å²) in [7, 11) is 0. The van der Waals surface area contributed by atoms with Gasteiger partial charge < -0.3 is 15.7 Å². The minimum Gasteiger partial charge on any atom is -0.398 e. The molecule has 0 aromatic heterocycles. The van der Waals surface area contributed by atoms with E-state index in [4.69, 9.17) is 10.8 Å². The molecule has 0 radical (unpaired) electrons.